The minimum Gasteiger partial charge on any atom is -0.306 e. The number of rotatable bonds is 2. The van der Waals surface area contributed by atoms with Gasteiger partial charge in [0.1, 0.15) is 0 Å². The van der Waals surface area contributed by atoms with Gasteiger partial charge in [-0.3, -0.25) is 0 Å². The molecule has 2 rings (SSSR count). The summed E-state index contributed by atoms with van der Waals surface area (Å²) in [4.78, 5) is 2.50. The smallest absolute Gasteiger partial charge is 0.00383 e. The maximum absolute atomic E-state index is 2.50. The Kier molecular flexibility index (Phi) is 1.95. The molecule has 0 radical (unpaired) electrons. The van der Waals surface area contributed by atoms with Gasteiger partial charge in [0.25, 0.3) is 0 Å². The van der Waals surface area contributed by atoms with Gasteiger partial charge in [-0.1, -0.05) is 20.3 Å². The minimum absolute atomic E-state index is 0.782. The molecule has 2 fully saturated rings. The van der Waals surface area contributed by atoms with Gasteiger partial charge in [0.15, 0.2) is 0 Å². The van der Waals surface area contributed by atoms with Crippen LogP contribution in [-0.4, -0.2) is 25.0 Å². The molecule has 1 heterocycles. The van der Waals surface area contributed by atoms with Crippen molar-refractivity contribution in [3.05, 3.63) is 0 Å². The molecule has 3 atom stereocenters. The van der Waals surface area contributed by atoms with E-state index < -0.39 is 0 Å². The molecule has 1 saturated carbocycles. The molecule has 2 aliphatic rings. The Morgan fingerprint density at radius 2 is 2.33 bits per heavy atom. The van der Waals surface area contributed by atoms with E-state index in [-0.39, 0.29) is 0 Å². The van der Waals surface area contributed by atoms with E-state index >= 15 is 0 Å². The molecular formula is C11H21N. The van der Waals surface area contributed by atoms with Gasteiger partial charge in [0.05, 0.1) is 0 Å². The fourth-order valence-electron chi connectivity index (χ4n) is 3.05. The second-order valence-corrected chi connectivity index (χ2v) is 5.05. The molecule has 1 spiro atoms. The van der Waals surface area contributed by atoms with Crippen LogP contribution >= 0.6 is 0 Å². The second kappa shape index (κ2) is 2.73. The monoisotopic (exact) mass is 167 g/mol. The van der Waals surface area contributed by atoms with E-state index in [1.807, 2.05) is 0 Å². The summed E-state index contributed by atoms with van der Waals surface area (Å²) in [6.45, 7) is 7.47. The Labute approximate surface area is 76.1 Å². The molecule has 12 heavy (non-hydrogen) atoms. The number of hydrogen-bond acceptors (Lipinski definition) is 1. The zero-order valence-corrected chi connectivity index (χ0v) is 8.64. The van der Waals surface area contributed by atoms with Crippen LogP contribution in [-0.2, 0) is 0 Å². The highest BCUT2D eigenvalue weighted by atomic mass is 15.1. The molecule has 0 N–H and O–H groups in total. The van der Waals surface area contributed by atoms with E-state index in [4.69, 9.17) is 0 Å². The van der Waals surface area contributed by atoms with Crippen molar-refractivity contribution in [2.75, 3.05) is 20.1 Å². The van der Waals surface area contributed by atoms with Crippen molar-refractivity contribution in [1.29, 1.82) is 0 Å². The fourth-order valence-corrected chi connectivity index (χ4v) is 3.05. The first-order valence-electron chi connectivity index (χ1n) is 5.36. The van der Waals surface area contributed by atoms with Crippen LogP contribution in [0.4, 0.5) is 0 Å². The lowest BCUT2D eigenvalue weighted by Gasteiger charge is -2.13. The molecule has 1 nitrogen and oxygen atoms in total. The summed E-state index contributed by atoms with van der Waals surface area (Å²) < 4.78 is 0. The van der Waals surface area contributed by atoms with Crippen LogP contribution in [0.15, 0.2) is 0 Å². The molecule has 70 valence electrons. The highest BCUT2D eigenvalue weighted by Crippen LogP contribution is 2.61. The average molecular weight is 167 g/mol. The number of nitrogens with zero attached hydrogens (tertiary/aromatic N) is 1. The van der Waals surface area contributed by atoms with Crippen molar-refractivity contribution in [2.24, 2.45) is 17.3 Å². The van der Waals surface area contributed by atoms with Crippen LogP contribution in [0, 0.1) is 17.3 Å². The largest absolute Gasteiger partial charge is 0.306 e. The van der Waals surface area contributed by atoms with Crippen molar-refractivity contribution < 1.29 is 0 Å². The third kappa shape index (κ3) is 1.19. The van der Waals surface area contributed by atoms with Gasteiger partial charge in [-0.15, -0.1) is 0 Å². The van der Waals surface area contributed by atoms with Crippen molar-refractivity contribution in [1.82, 2.24) is 4.90 Å². The van der Waals surface area contributed by atoms with Crippen molar-refractivity contribution in [3.63, 3.8) is 0 Å². The average Bonchev–Trinajstić information content (AvgIpc) is 2.62. The molecule has 0 amide bonds. The van der Waals surface area contributed by atoms with Gasteiger partial charge >= 0.3 is 0 Å². The molecule has 3 unspecified atom stereocenters. The van der Waals surface area contributed by atoms with Crippen LogP contribution in [0.3, 0.4) is 0 Å². The van der Waals surface area contributed by atoms with E-state index in [2.05, 4.69) is 25.8 Å². The summed E-state index contributed by atoms with van der Waals surface area (Å²) in [6, 6.07) is 0. The summed E-state index contributed by atoms with van der Waals surface area (Å²) in [5.41, 5.74) is 0.782. The third-order valence-electron chi connectivity index (χ3n) is 4.16. The first kappa shape index (κ1) is 8.55. The van der Waals surface area contributed by atoms with Gasteiger partial charge < -0.3 is 4.90 Å². The lowest BCUT2D eigenvalue weighted by molar-refractivity contribution is 0.344. The lowest BCUT2D eigenvalue weighted by Crippen LogP contribution is -2.16. The highest BCUT2D eigenvalue weighted by Gasteiger charge is 2.57. The van der Waals surface area contributed by atoms with Gasteiger partial charge in [0, 0.05) is 6.54 Å². The summed E-state index contributed by atoms with van der Waals surface area (Å²) in [6.07, 6.45) is 4.36. The SMILES string of the molecule is CCC(C)C1CC12CCN(C)C2. The van der Waals surface area contributed by atoms with E-state index in [0.29, 0.717) is 0 Å². The molecule has 0 aromatic carbocycles. The first-order valence-corrected chi connectivity index (χ1v) is 5.36. The van der Waals surface area contributed by atoms with Gasteiger partial charge in [-0.2, -0.15) is 0 Å². The maximum Gasteiger partial charge on any atom is 0.00383 e. The Morgan fingerprint density at radius 3 is 2.83 bits per heavy atom. The van der Waals surface area contributed by atoms with E-state index in [1.54, 1.807) is 0 Å². The first-order chi connectivity index (χ1) is 5.68. The molecule has 1 heteroatoms. The summed E-state index contributed by atoms with van der Waals surface area (Å²) in [5, 5.41) is 0. The van der Waals surface area contributed by atoms with E-state index in [0.717, 1.165) is 17.3 Å². The summed E-state index contributed by atoms with van der Waals surface area (Å²) in [5.74, 6) is 2.03. The Bertz CT molecular complexity index is 178. The predicted octanol–water partition coefficient (Wildman–Crippen LogP) is 2.37. The normalized spacial score (nSPS) is 43.8. The van der Waals surface area contributed by atoms with Crippen LogP contribution in [0.5, 0.6) is 0 Å². The van der Waals surface area contributed by atoms with Crippen molar-refractivity contribution >= 4 is 0 Å². The number of likely N-dealkylation sites (tertiary alicyclic amines) is 1. The standard InChI is InChI=1S/C11H21N/c1-4-9(2)10-7-11(10)5-6-12(3)8-11/h9-10H,4-8H2,1-3H3. The fraction of sp³-hybridized carbons (Fsp3) is 1.00. The maximum atomic E-state index is 2.50. The second-order valence-electron chi connectivity index (χ2n) is 5.05. The van der Waals surface area contributed by atoms with Gasteiger partial charge in [-0.25, -0.2) is 0 Å². The topological polar surface area (TPSA) is 3.24 Å². The molecule has 0 aromatic rings. The van der Waals surface area contributed by atoms with Gasteiger partial charge in [-0.05, 0) is 43.7 Å². The molecule has 0 aromatic heterocycles. The Balaban J connectivity index is 1.93. The lowest BCUT2D eigenvalue weighted by atomic mass is 9.93. The molecule has 0 bridgehead atoms. The quantitative estimate of drug-likeness (QED) is 0.610. The third-order valence-corrected chi connectivity index (χ3v) is 4.16. The Hall–Kier alpha value is -0.0400. The molecule has 1 saturated heterocycles. The van der Waals surface area contributed by atoms with E-state index in [1.165, 1.54) is 32.4 Å². The van der Waals surface area contributed by atoms with E-state index in [9.17, 15) is 0 Å². The summed E-state index contributed by atoms with van der Waals surface area (Å²) in [7, 11) is 2.26. The van der Waals surface area contributed by atoms with Crippen LogP contribution < -0.4 is 0 Å². The number of hydrogen-bond donors (Lipinski definition) is 0. The van der Waals surface area contributed by atoms with Crippen LogP contribution in [0.25, 0.3) is 0 Å². The summed E-state index contributed by atoms with van der Waals surface area (Å²) >= 11 is 0. The zero-order valence-electron chi connectivity index (χ0n) is 8.64. The van der Waals surface area contributed by atoms with Crippen molar-refractivity contribution in [3.8, 4) is 0 Å². The van der Waals surface area contributed by atoms with Crippen LogP contribution in [0.1, 0.15) is 33.1 Å². The predicted molar refractivity (Wildman–Crippen MR) is 52.1 cm³/mol. The molecule has 1 aliphatic carbocycles. The highest BCUT2D eigenvalue weighted by molar-refractivity contribution is 5.08. The Morgan fingerprint density at radius 1 is 1.58 bits per heavy atom. The molecule has 1 aliphatic heterocycles. The van der Waals surface area contributed by atoms with Gasteiger partial charge in [0.2, 0.25) is 0 Å². The van der Waals surface area contributed by atoms with Crippen LogP contribution in [0.2, 0.25) is 0 Å². The zero-order chi connectivity index (χ0) is 8.77. The van der Waals surface area contributed by atoms with Crippen molar-refractivity contribution in [2.45, 2.75) is 33.1 Å². The molecular weight excluding hydrogens is 146 g/mol. The minimum atomic E-state index is 0.782.